The van der Waals surface area contributed by atoms with Gasteiger partial charge in [-0.2, -0.15) is 0 Å². The van der Waals surface area contributed by atoms with Crippen LogP contribution in [0.3, 0.4) is 0 Å². The van der Waals surface area contributed by atoms with Gasteiger partial charge in [0.1, 0.15) is 10.7 Å². The molecule has 28 heavy (non-hydrogen) atoms. The fraction of sp³-hybridized carbons (Fsp3) is 0.300. The Kier molecular flexibility index (Phi) is 4.84. The SMILES string of the molecule is Cc1sc2nc(CSc3nc4ccccc4c(=O)n3C(C)C)[nH]c(=O)c2c1C. The van der Waals surface area contributed by atoms with Gasteiger partial charge < -0.3 is 4.98 Å². The highest BCUT2D eigenvalue weighted by atomic mass is 32.2. The van der Waals surface area contributed by atoms with Crippen molar-refractivity contribution in [3.05, 3.63) is 61.2 Å². The Labute approximate surface area is 169 Å². The van der Waals surface area contributed by atoms with Crippen LogP contribution in [0.5, 0.6) is 0 Å². The third-order valence-corrected chi connectivity index (χ3v) is 6.78. The van der Waals surface area contributed by atoms with Crippen molar-refractivity contribution in [2.24, 2.45) is 0 Å². The van der Waals surface area contributed by atoms with E-state index in [-0.39, 0.29) is 17.2 Å². The molecule has 0 unspecified atom stereocenters. The minimum absolute atomic E-state index is 0.0239. The second kappa shape index (κ2) is 7.18. The minimum atomic E-state index is -0.116. The van der Waals surface area contributed by atoms with Crippen LogP contribution < -0.4 is 11.1 Å². The summed E-state index contributed by atoms with van der Waals surface area (Å²) in [5, 5.41) is 1.90. The van der Waals surface area contributed by atoms with E-state index < -0.39 is 0 Å². The summed E-state index contributed by atoms with van der Waals surface area (Å²) in [6, 6.07) is 7.33. The maximum absolute atomic E-state index is 12.9. The molecule has 0 amide bonds. The molecule has 144 valence electrons. The first-order valence-corrected chi connectivity index (χ1v) is 10.8. The molecule has 0 bridgehead atoms. The van der Waals surface area contributed by atoms with E-state index in [1.165, 1.54) is 23.1 Å². The Morgan fingerprint density at radius 1 is 1.18 bits per heavy atom. The zero-order valence-corrected chi connectivity index (χ0v) is 17.7. The predicted octanol–water partition coefficient (Wildman–Crippen LogP) is 4.18. The Hall–Kier alpha value is -2.45. The van der Waals surface area contributed by atoms with Crippen molar-refractivity contribution < 1.29 is 0 Å². The fourth-order valence-corrected chi connectivity index (χ4v) is 5.23. The second-order valence-corrected chi connectivity index (χ2v) is 9.09. The van der Waals surface area contributed by atoms with Crippen LogP contribution in [0.25, 0.3) is 21.1 Å². The molecule has 0 saturated carbocycles. The van der Waals surface area contributed by atoms with E-state index in [2.05, 4.69) is 15.0 Å². The van der Waals surface area contributed by atoms with Crippen LogP contribution in [-0.2, 0) is 5.75 Å². The van der Waals surface area contributed by atoms with Crippen LogP contribution in [0.15, 0.2) is 39.0 Å². The van der Waals surface area contributed by atoms with Crippen molar-refractivity contribution in [3.8, 4) is 0 Å². The van der Waals surface area contributed by atoms with Crippen molar-refractivity contribution in [3.63, 3.8) is 0 Å². The molecule has 3 aromatic heterocycles. The highest BCUT2D eigenvalue weighted by Gasteiger charge is 2.16. The molecule has 0 aliphatic heterocycles. The van der Waals surface area contributed by atoms with Crippen LogP contribution in [0.1, 0.15) is 36.2 Å². The first kappa shape index (κ1) is 18.9. The summed E-state index contributed by atoms with van der Waals surface area (Å²) in [6.45, 7) is 7.87. The van der Waals surface area contributed by atoms with Gasteiger partial charge in [-0.05, 0) is 45.4 Å². The van der Waals surface area contributed by atoms with E-state index in [0.29, 0.717) is 33.0 Å². The number of thioether (sulfide) groups is 1. The number of H-pyrrole nitrogens is 1. The van der Waals surface area contributed by atoms with Crippen molar-refractivity contribution in [1.29, 1.82) is 0 Å². The highest BCUT2D eigenvalue weighted by molar-refractivity contribution is 7.98. The minimum Gasteiger partial charge on any atom is -0.309 e. The molecule has 1 aromatic carbocycles. The van der Waals surface area contributed by atoms with Gasteiger partial charge in [-0.1, -0.05) is 23.9 Å². The quantitative estimate of drug-likeness (QED) is 0.402. The number of rotatable bonds is 4. The lowest BCUT2D eigenvalue weighted by atomic mass is 10.2. The number of nitrogens with one attached hydrogen (secondary N) is 1. The van der Waals surface area contributed by atoms with Crippen molar-refractivity contribution in [1.82, 2.24) is 19.5 Å². The Morgan fingerprint density at radius 3 is 2.68 bits per heavy atom. The number of thiophene rings is 1. The molecule has 0 aliphatic carbocycles. The highest BCUT2D eigenvalue weighted by Crippen LogP contribution is 2.27. The molecule has 0 atom stereocenters. The number of benzene rings is 1. The van der Waals surface area contributed by atoms with Crippen LogP contribution >= 0.6 is 23.1 Å². The summed E-state index contributed by atoms with van der Waals surface area (Å²) >= 11 is 2.94. The standard InChI is InChI=1S/C20H20N4O2S2/c1-10(2)24-19(26)13-7-5-6-8-14(13)21-20(24)27-9-15-22-17(25)16-11(3)12(4)28-18(16)23-15/h5-8,10H,9H2,1-4H3,(H,22,23,25). The van der Waals surface area contributed by atoms with Gasteiger partial charge >= 0.3 is 0 Å². The monoisotopic (exact) mass is 412 g/mol. The van der Waals surface area contributed by atoms with Gasteiger partial charge in [0.05, 0.1) is 22.0 Å². The molecular weight excluding hydrogens is 392 g/mol. The van der Waals surface area contributed by atoms with E-state index in [0.717, 1.165) is 15.3 Å². The Bertz CT molecular complexity index is 1320. The van der Waals surface area contributed by atoms with Crippen molar-refractivity contribution in [2.75, 3.05) is 0 Å². The Morgan fingerprint density at radius 2 is 1.93 bits per heavy atom. The van der Waals surface area contributed by atoms with Crippen LogP contribution in [0, 0.1) is 13.8 Å². The zero-order valence-electron chi connectivity index (χ0n) is 16.1. The maximum atomic E-state index is 12.9. The molecule has 0 spiro atoms. The van der Waals surface area contributed by atoms with Gasteiger partial charge in [0.25, 0.3) is 11.1 Å². The molecule has 0 radical (unpaired) electrons. The number of nitrogens with zero attached hydrogens (tertiary/aromatic N) is 3. The number of hydrogen-bond acceptors (Lipinski definition) is 6. The number of para-hydroxylation sites is 1. The number of fused-ring (bicyclic) bond motifs is 2. The molecule has 0 aliphatic rings. The largest absolute Gasteiger partial charge is 0.309 e. The van der Waals surface area contributed by atoms with Gasteiger partial charge in [-0.3, -0.25) is 14.2 Å². The molecule has 1 N–H and O–H groups in total. The summed E-state index contributed by atoms with van der Waals surface area (Å²) in [4.78, 5) is 39.4. The molecule has 8 heteroatoms. The smallest absolute Gasteiger partial charge is 0.262 e. The van der Waals surface area contributed by atoms with Gasteiger partial charge in [0, 0.05) is 10.9 Å². The van der Waals surface area contributed by atoms with Gasteiger partial charge in [0.15, 0.2) is 5.16 Å². The molecule has 6 nitrogen and oxygen atoms in total. The molecule has 0 saturated heterocycles. The lowest BCUT2D eigenvalue weighted by Gasteiger charge is -2.15. The van der Waals surface area contributed by atoms with E-state index in [1.807, 2.05) is 45.9 Å². The van der Waals surface area contributed by atoms with Crippen LogP contribution in [0.4, 0.5) is 0 Å². The van der Waals surface area contributed by atoms with E-state index in [1.54, 1.807) is 10.6 Å². The summed E-state index contributed by atoms with van der Waals surface area (Å²) < 4.78 is 1.70. The van der Waals surface area contributed by atoms with Crippen molar-refractivity contribution in [2.45, 2.75) is 44.6 Å². The third kappa shape index (κ3) is 3.16. The fourth-order valence-electron chi connectivity index (χ4n) is 3.18. The molecule has 4 rings (SSSR count). The van der Waals surface area contributed by atoms with E-state index in [9.17, 15) is 9.59 Å². The van der Waals surface area contributed by atoms with Crippen LogP contribution in [0.2, 0.25) is 0 Å². The van der Waals surface area contributed by atoms with E-state index >= 15 is 0 Å². The van der Waals surface area contributed by atoms with Gasteiger partial charge in [0.2, 0.25) is 0 Å². The summed E-state index contributed by atoms with van der Waals surface area (Å²) in [5.41, 5.74) is 1.49. The number of aryl methyl sites for hydroxylation is 2. The maximum Gasteiger partial charge on any atom is 0.262 e. The van der Waals surface area contributed by atoms with Gasteiger partial charge in [-0.15, -0.1) is 11.3 Å². The molecular formula is C20H20N4O2S2. The first-order valence-electron chi connectivity index (χ1n) is 8.99. The van der Waals surface area contributed by atoms with Crippen LogP contribution in [-0.4, -0.2) is 19.5 Å². The van der Waals surface area contributed by atoms with Crippen molar-refractivity contribution >= 4 is 44.2 Å². The summed E-state index contributed by atoms with van der Waals surface area (Å²) in [6.07, 6.45) is 0. The summed E-state index contributed by atoms with van der Waals surface area (Å²) in [5.74, 6) is 1.01. The third-order valence-electron chi connectivity index (χ3n) is 4.72. The molecule has 0 fully saturated rings. The lowest BCUT2D eigenvalue weighted by molar-refractivity contribution is 0.519. The summed E-state index contributed by atoms with van der Waals surface area (Å²) in [7, 11) is 0. The average Bonchev–Trinajstić information content (AvgIpc) is 2.94. The predicted molar refractivity (Wildman–Crippen MR) is 116 cm³/mol. The normalized spacial score (nSPS) is 11.8. The van der Waals surface area contributed by atoms with E-state index in [4.69, 9.17) is 0 Å². The number of aromatic amines is 1. The molecule has 4 aromatic rings. The average molecular weight is 413 g/mol. The number of aromatic nitrogens is 4. The topological polar surface area (TPSA) is 80.6 Å². The Balaban J connectivity index is 1.75. The number of hydrogen-bond donors (Lipinski definition) is 1. The second-order valence-electron chi connectivity index (χ2n) is 6.95. The first-order chi connectivity index (χ1) is 13.4. The lowest BCUT2D eigenvalue weighted by Crippen LogP contribution is -2.25. The molecule has 3 heterocycles. The zero-order chi connectivity index (χ0) is 20.0. The van der Waals surface area contributed by atoms with Gasteiger partial charge in [-0.25, -0.2) is 9.97 Å².